The van der Waals surface area contributed by atoms with E-state index in [-0.39, 0.29) is 12.5 Å². The van der Waals surface area contributed by atoms with Crippen LogP contribution >= 0.6 is 11.3 Å². The van der Waals surface area contributed by atoms with Crippen molar-refractivity contribution in [2.24, 2.45) is 0 Å². The van der Waals surface area contributed by atoms with Crippen molar-refractivity contribution in [3.8, 4) is 5.75 Å². The van der Waals surface area contributed by atoms with Crippen LogP contribution in [0.3, 0.4) is 0 Å². The van der Waals surface area contributed by atoms with Crippen LogP contribution in [0.2, 0.25) is 0 Å². The minimum atomic E-state index is 0.0653. The lowest BCUT2D eigenvalue weighted by atomic mass is 10.1. The van der Waals surface area contributed by atoms with Gasteiger partial charge in [-0.25, -0.2) is 0 Å². The van der Waals surface area contributed by atoms with E-state index in [0.717, 1.165) is 5.75 Å². The van der Waals surface area contributed by atoms with Crippen LogP contribution in [0.15, 0.2) is 41.8 Å². The van der Waals surface area contributed by atoms with Crippen molar-refractivity contribution in [2.75, 3.05) is 13.2 Å². The number of hydrogen-bond donors (Lipinski definition) is 1. The zero-order valence-corrected chi connectivity index (χ0v) is 10.6. The number of aliphatic hydroxyl groups is 1. The third kappa shape index (κ3) is 3.32. The van der Waals surface area contributed by atoms with Crippen molar-refractivity contribution in [3.05, 3.63) is 52.2 Å². The van der Waals surface area contributed by atoms with Gasteiger partial charge in [0.2, 0.25) is 0 Å². The second kappa shape index (κ2) is 5.84. The van der Waals surface area contributed by atoms with E-state index in [9.17, 15) is 5.11 Å². The molecule has 0 aliphatic heterocycles. The number of aliphatic hydroxyl groups excluding tert-OH is 1. The molecule has 2 nitrogen and oxygen atoms in total. The first kappa shape index (κ1) is 12.1. The van der Waals surface area contributed by atoms with Crippen LogP contribution in [-0.4, -0.2) is 18.3 Å². The Morgan fingerprint density at radius 1 is 1.29 bits per heavy atom. The normalized spacial score (nSPS) is 12.4. The molecule has 0 bridgehead atoms. The highest BCUT2D eigenvalue weighted by Crippen LogP contribution is 2.22. The monoisotopic (exact) mass is 248 g/mol. The van der Waals surface area contributed by atoms with Gasteiger partial charge in [-0.05, 0) is 36.1 Å². The van der Waals surface area contributed by atoms with Gasteiger partial charge in [0.1, 0.15) is 5.75 Å². The summed E-state index contributed by atoms with van der Waals surface area (Å²) in [5, 5.41) is 11.4. The molecule has 1 atom stereocenters. The molecule has 1 N–H and O–H groups in total. The molecular formula is C14H16O2S. The van der Waals surface area contributed by atoms with Crippen LogP contribution in [0.25, 0.3) is 0 Å². The lowest BCUT2D eigenvalue weighted by molar-refractivity contribution is 0.207. The van der Waals surface area contributed by atoms with Crippen LogP contribution in [0, 0.1) is 6.92 Å². The third-order valence-electron chi connectivity index (χ3n) is 2.61. The number of ether oxygens (including phenoxy) is 1. The van der Waals surface area contributed by atoms with Gasteiger partial charge < -0.3 is 9.84 Å². The van der Waals surface area contributed by atoms with Crippen molar-refractivity contribution in [2.45, 2.75) is 12.8 Å². The molecule has 2 rings (SSSR count). The maximum absolute atomic E-state index is 9.36. The Balaban J connectivity index is 1.97. The summed E-state index contributed by atoms with van der Waals surface area (Å²) in [7, 11) is 0. The van der Waals surface area contributed by atoms with Gasteiger partial charge in [-0.15, -0.1) is 11.3 Å². The Labute approximate surface area is 105 Å². The molecule has 0 fully saturated rings. The van der Waals surface area contributed by atoms with E-state index in [4.69, 9.17) is 4.74 Å². The van der Waals surface area contributed by atoms with Gasteiger partial charge in [0, 0.05) is 4.88 Å². The van der Waals surface area contributed by atoms with Gasteiger partial charge in [0.25, 0.3) is 0 Å². The van der Waals surface area contributed by atoms with Crippen molar-refractivity contribution in [1.82, 2.24) is 0 Å². The summed E-state index contributed by atoms with van der Waals surface area (Å²) >= 11 is 1.65. The van der Waals surface area contributed by atoms with Gasteiger partial charge in [-0.3, -0.25) is 0 Å². The van der Waals surface area contributed by atoms with Crippen LogP contribution in [0.5, 0.6) is 5.75 Å². The van der Waals surface area contributed by atoms with Crippen LogP contribution in [0.4, 0.5) is 0 Å². The Kier molecular flexibility index (Phi) is 4.18. The van der Waals surface area contributed by atoms with Crippen molar-refractivity contribution >= 4 is 11.3 Å². The second-order valence-electron chi connectivity index (χ2n) is 4.02. The minimum Gasteiger partial charge on any atom is -0.493 e. The van der Waals surface area contributed by atoms with E-state index < -0.39 is 0 Å². The summed E-state index contributed by atoms with van der Waals surface area (Å²) < 4.78 is 5.71. The number of rotatable bonds is 5. The molecule has 0 saturated heterocycles. The molecule has 0 saturated carbocycles. The van der Waals surface area contributed by atoms with E-state index in [1.165, 1.54) is 10.4 Å². The van der Waals surface area contributed by atoms with Crippen LogP contribution in [-0.2, 0) is 0 Å². The highest BCUT2D eigenvalue weighted by Gasteiger charge is 2.12. The summed E-state index contributed by atoms with van der Waals surface area (Å²) in [5.74, 6) is 0.926. The van der Waals surface area contributed by atoms with Crippen molar-refractivity contribution < 1.29 is 9.84 Å². The fraction of sp³-hybridized carbons (Fsp3) is 0.286. The molecular weight excluding hydrogens is 232 g/mol. The average molecular weight is 248 g/mol. The Morgan fingerprint density at radius 2 is 2.18 bits per heavy atom. The van der Waals surface area contributed by atoms with Gasteiger partial charge in [0.05, 0.1) is 19.1 Å². The van der Waals surface area contributed by atoms with Gasteiger partial charge in [0.15, 0.2) is 0 Å². The van der Waals surface area contributed by atoms with E-state index in [1.54, 1.807) is 11.3 Å². The molecule has 1 heterocycles. The Bertz CT molecular complexity index is 451. The van der Waals surface area contributed by atoms with Gasteiger partial charge in [-0.1, -0.05) is 18.2 Å². The zero-order valence-electron chi connectivity index (χ0n) is 9.80. The molecule has 2 aromatic rings. The molecule has 0 aliphatic rings. The highest BCUT2D eigenvalue weighted by molar-refractivity contribution is 7.10. The predicted octanol–water partition coefficient (Wildman–Crippen LogP) is 3.21. The summed E-state index contributed by atoms with van der Waals surface area (Å²) in [6.07, 6.45) is 0. The molecule has 1 unspecified atom stereocenters. The third-order valence-corrected chi connectivity index (χ3v) is 3.64. The Morgan fingerprint density at radius 3 is 2.82 bits per heavy atom. The first-order valence-corrected chi connectivity index (χ1v) is 6.51. The first-order chi connectivity index (χ1) is 8.29. The first-order valence-electron chi connectivity index (χ1n) is 5.63. The van der Waals surface area contributed by atoms with Crippen LogP contribution in [0.1, 0.15) is 16.4 Å². The molecule has 90 valence electrons. The second-order valence-corrected chi connectivity index (χ2v) is 5.00. The average Bonchev–Trinajstić information content (AvgIpc) is 2.84. The smallest absolute Gasteiger partial charge is 0.119 e. The van der Waals surface area contributed by atoms with Gasteiger partial charge >= 0.3 is 0 Å². The summed E-state index contributed by atoms with van der Waals surface area (Å²) in [4.78, 5) is 1.17. The fourth-order valence-electron chi connectivity index (χ4n) is 1.65. The quantitative estimate of drug-likeness (QED) is 0.880. The number of hydrogen-bond acceptors (Lipinski definition) is 3. The maximum Gasteiger partial charge on any atom is 0.119 e. The highest BCUT2D eigenvalue weighted by atomic mass is 32.1. The largest absolute Gasteiger partial charge is 0.493 e. The molecule has 0 amide bonds. The van der Waals surface area contributed by atoms with Crippen molar-refractivity contribution in [3.63, 3.8) is 0 Å². The number of benzene rings is 1. The van der Waals surface area contributed by atoms with E-state index >= 15 is 0 Å². The lowest BCUT2D eigenvalue weighted by Gasteiger charge is -2.14. The maximum atomic E-state index is 9.36. The standard InChI is InChI=1S/C14H16O2S/c1-11-4-2-5-13(8-11)16-10-12(9-15)14-6-3-7-17-14/h2-8,12,15H,9-10H2,1H3. The summed E-state index contributed by atoms with van der Waals surface area (Å²) in [5.41, 5.74) is 1.18. The molecule has 1 aromatic carbocycles. The van der Waals surface area contributed by atoms with Crippen LogP contribution < -0.4 is 4.74 Å². The minimum absolute atomic E-state index is 0.0653. The molecule has 0 spiro atoms. The summed E-state index contributed by atoms with van der Waals surface area (Å²) in [6.45, 7) is 2.67. The lowest BCUT2D eigenvalue weighted by Crippen LogP contribution is -2.13. The number of aryl methyl sites for hydroxylation is 1. The molecule has 17 heavy (non-hydrogen) atoms. The van der Waals surface area contributed by atoms with E-state index in [2.05, 4.69) is 0 Å². The molecule has 1 aromatic heterocycles. The van der Waals surface area contributed by atoms with Gasteiger partial charge in [-0.2, -0.15) is 0 Å². The van der Waals surface area contributed by atoms with Crippen molar-refractivity contribution in [1.29, 1.82) is 0 Å². The fourth-order valence-corrected chi connectivity index (χ4v) is 2.46. The van der Waals surface area contributed by atoms with E-state index in [0.29, 0.717) is 6.61 Å². The summed E-state index contributed by atoms with van der Waals surface area (Å²) in [6, 6.07) is 12.0. The molecule has 0 aliphatic carbocycles. The number of thiophene rings is 1. The Hall–Kier alpha value is -1.32. The zero-order chi connectivity index (χ0) is 12.1. The predicted molar refractivity (Wildman–Crippen MR) is 70.8 cm³/mol. The van der Waals surface area contributed by atoms with E-state index in [1.807, 2.05) is 48.7 Å². The SMILES string of the molecule is Cc1cccc(OCC(CO)c2cccs2)c1. The molecule has 3 heteroatoms. The molecule has 0 radical (unpaired) electrons. The topological polar surface area (TPSA) is 29.5 Å².